The normalized spacial score (nSPS) is 10.3. The molecular weight excluding hydrogens is 234 g/mol. The van der Waals surface area contributed by atoms with Gasteiger partial charge < -0.3 is 14.8 Å². The van der Waals surface area contributed by atoms with Crippen molar-refractivity contribution in [1.29, 1.82) is 0 Å². The van der Waals surface area contributed by atoms with E-state index >= 15 is 0 Å². The minimum absolute atomic E-state index is 0.655. The second-order valence-electron chi connectivity index (χ2n) is 3.55. The zero-order chi connectivity index (χ0) is 12.5. The molecule has 0 aliphatic carbocycles. The molecule has 0 fully saturated rings. The van der Waals surface area contributed by atoms with E-state index in [0.29, 0.717) is 13.2 Å². The molecule has 0 atom stereocenters. The molecular formula is C13H21NO2S. The van der Waals surface area contributed by atoms with Crippen LogP contribution in [-0.2, 0) is 6.54 Å². The van der Waals surface area contributed by atoms with Crippen molar-refractivity contribution < 1.29 is 9.47 Å². The fourth-order valence-corrected chi connectivity index (χ4v) is 1.80. The molecule has 3 nitrogen and oxygen atoms in total. The SMILES string of the molecule is CCOc1cccc(CNC)c1OCCSC. The van der Waals surface area contributed by atoms with Gasteiger partial charge in [-0.05, 0) is 26.3 Å². The van der Waals surface area contributed by atoms with Crippen molar-refractivity contribution in [3.8, 4) is 11.5 Å². The number of para-hydroxylation sites is 1. The Bertz CT molecular complexity index is 307. The van der Waals surface area contributed by atoms with Gasteiger partial charge in [-0.2, -0.15) is 11.8 Å². The number of hydrogen-bond donors (Lipinski definition) is 1. The lowest BCUT2D eigenvalue weighted by atomic mass is 10.2. The summed E-state index contributed by atoms with van der Waals surface area (Å²) in [6, 6.07) is 6.02. The highest BCUT2D eigenvalue weighted by Gasteiger charge is 2.10. The molecule has 0 saturated heterocycles. The van der Waals surface area contributed by atoms with E-state index in [0.717, 1.165) is 29.4 Å². The molecule has 17 heavy (non-hydrogen) atoms. The maximum absolute atomic E-state index is 5.83. The molecule has 4 heteroatoms. The number of rotatable bonds is 8. The lowest BCUT2D eigenvalue weighted by Crippen LogP contribution is -2.10. The molecule has 0 bridgehead atoms. The van der Waals surface area contributed by atoms with Gasteiger partial charge in [0.15, 0.2) is 11.5 Å². The lowest BCUT2D eigenvalue weighted by molar-refractivity contribution is 0.286. The first kappa shape index (κ1) is 14.2. The van der Waals surface area contributed by atoms with E-state index in [2.05, 4.69) is 17.6 Å². The fraction of sp³-hybridized carbons (Fsp3) is 0.538. The molecule has 1 N–H and O–H groups in total. The maximum Gasteiger partial charge on any atom is 0.165 e. The highest BCUT2D eigenvalue weighted by atomic mass is 32.2. The molecule has 1 aromatic rings. The van der Waals surface area contributed by atoms with Gasteiger partial charge in [-0.25, -0.2) is 0 Å². The standard InChI is InChI=1S/C13H21NO2S/c1-4-15-12-7-5-6-11(10-14-2)13(12)16-8-9-17-3/h5-7,14H,4,8-10H2,1-3H3. The molecule has 1 aromatic carbocycles. The molecule has 0 aromatic heterocycles. The van der Waals surface area contributed by atoms with Crippen LogP contribution in [0.3, 0.4) is 0 Å². The molecule has 0 aliphatic rings. The third-order valence-electron chi connectivity index (χ3n) is 2.26. The summed E-state index contributed by atoms with van der Waals surface area (Å²) in [6.45, 7) is 4.13. The largest absolute Gasteiger partial charge is 0.490 e. The Labute approximate surface area is 108 Å². The van der Waals surface area contributed by atoms with Gasteiger partial charge in [0.1, 0.15) is 0 Å². The number of benzene rings is 1. The van der Waals surface area contributed by atoms with Gasteiger partial charge in [0.25, 0.3) is 0 Å². The van der Waals surface area contributed by atoms with Crippen LogP contribution in [0.2, 0.25) is 0 Å². The first-order valence-corrected chi connectivity index (χ1v) is 7.23. The third kappa shape index (κ3) is 4.48. The third-order valence-corrected chi connectivity index (χ3v) is 2.84. The second kappa shape index (κ2) is 8.25. The van der Waals surface area contributed by atoms with E-state index in [1.807, 2.05) is 26.1 Å². The molecule has 0 saturated carbocycles. The summed E-state index contributed by atoms with van der Waals surface area (Å²) >= 11 is 1.78. The summed E-state index contributed by atoms with van der Waals surface area (Å²) in [5.74, 6) is 2.69. The second-order valence-corrected chi connectivity index (χ2v) is 4.53. The first-order valence-electron chi connectivity index (χ1n) is 5.84. The molecule has 0 spiro atoms. The number of hydrogen-bond acceptors (Lipinski definition) is 4. The Morgan fingerprint density at radius 1 is 1.29 bits per heavy atom. The van der Waals surface area contributed by atoms with Crippen molar-refractivity contribution in [2.24, 2.45) is 0 Å². The van der Waals surface area contributed by atoms with Crippen LogP contribution in [0.5, 0.6) is 11.5 Å². The van der Waals surface area contributed by atoms with Crippen LogP contribution in [-0.4, -0.2) is 32.3 Å². The van der Waals surface area contributed by atoms with Crippen LogP contribution in [0.4, 0.5) is 0 Å². The summed E-state index contributed by atoms with van der Waals surface area (Å²) in [7, 11) is 1.93. The van der Waals surface area contributed by atoms with Gasteiger partial charge in [-0.3, -0.25) is 0 Å². The Kier molecular flexibility index (Phi) is 6.89. The van der Waals surface area contributed by atoms with Crippen molar-refractivity contribution in [2.45, 2.75) is 13.5 Å². The predicted octanol–water partition coefficient (Wildman–Crippen LogP) is 2.55. The summed E-state index contributed by atoms with van der Waals surface area (Å²) in [5.41, 5.74) is 1.14. The summed E-state index contributed by atoms with van der Waals surface area (Å²) in [4.78, 5) is 0. The Balaban J connectivity index is 2.83. The predicted molar refractivity (Wildman–Crippen MR) is 74.3 cm³/mol. The number of nitrogens with one attached hydrogen (secondary N) is 1. The lowest BCUT2D eigenvalue weighted by Gasteiger charge is -2.15. The molecule has 1 rings (SSSR count). The van der Waals surface area contributed by atoms with Crippen LogP contribution in [0.25, 0.3) is 0 Å². The van der Waals surface area contributed by atoms with E-state index in [1.165, 1.54) is 0 Å². The monoisotopic (exact) mass is 255 g/mol. The van der Waals surface area contributed by atoms with Crippen molar-refractivity contribution in [1.82, 2.24) is 5.32 Å². The maximum atomic E-state index is 5.83. The summed E-state index contributed by atoms with van der Waals surface area (Å²) in [5, 5.41) is 3.14. The summed E-state index contributed by atoms with van der Waals surface area (Å²) in [6.07, 6.45) is 2.08. The number of thioether (sulfide) groups is 1. The fourth-order valence-electron chi connectivity index (χ4n) is 1.55. The zero-order valence-electron chi connectivity index (χ0n) is 10.8. The van der Waals surface area contributed by atoms with Gasteiger partial charge in [0.05, 0.1) is 13.2 Å². The average molecular weight is 255 g/mol. The molecule has 0 aliphatic heterocycles. The van der Waals surface area contributed by atoms with Crippen LogP contribution < -0.4 is 14.8 Å². The molecule has 96 valence electrons. The van der Waals surface area contributed by atoms with Crippen LogP contribution in [0.1, 0.15) is 12.5 Å². The topological polar surface area (TPSA) is 30.5 Å². The van der Waals surface area contributed by atoms with Crippen molar-refractivity contribution in [2.75, 3.05) is 32.3 Å². The smallest absolute Gasteiger partial charge is 0.165 e. The van der Waals surface area contributed by atoms with Crippen LogP contribution >= 0.6 is 11.8 Å². The zero-order valence-corrected chi connectivity index (χ0v) is 11.6. The van der Waals surface area contributed by atoms with Gasteiger partial charge in [0.2, 0.25) is 0 Å². The highest BCUT2D eigenvalue weighted by molar-refractivity contribution is 7.98. The summed E-state index contributed by atoms with van der Waals surface area (Å²) < 4.78 is 11.4. The van der Waals surface area contributed by atoms with Crippen molar-refractivity contribution >= 4 is 11.8 Å². The molecule has 0 amide bonds. The van der Waals surface area contributed by atoms with Crippen molar-refractivity contribution in [3.63, 3.8) is 0 Å². The van der Waals surface area contributed by atoms with Crippen LogP contribution in [0, 0.1) is 0 Å². The van der Waals surface area contributed by atoms with Crippen LogP contribution in [0.15, 0.2) is 18.2 Å². The Morgan fingerprint density at radius 2 is 2.12 bits per heavy atom. The van der Waals surface area contributed by atoms with E-state index in [4.69, 9.17) is 9.47 Å². The van der Waals surface area contributed by atoms with Gasteiger partial charge in [0, 0.05) is 17.9 Å². The Morgan fingerprint density at radius 3 is 2.76 bits per heavy atom. The first-order chi connectivity index (χ1) is 8.33. The molecule has 0 unspecified atom stereocenters. The van der Waals surface area contributed by atoms with Gasteiger partial charge in [-0.1, -0.05) is 12.1 Å². The average Bonchev–Trinajstić information content (AvgIpc) is 2.33. The molecule has 0 radical (unpaired) electrons. The van der Waals surface area contributed by atoms with E-state index < -0.39 is 0 Å². The van der Waals surface area contributed by atoms with E-state index in [-0.39, 0.29) is 0 Å². The quantitative estimate of drug-likeness (QED) is 0.723. The van der Waals surface area contributed by atoms with Gasteiger partial charge >= 0.3 is 0 Å². The minimum atomic E-state index is 0.655. The van der Waals surface area contributed by atoms with Crippen molar-refractivity contribution in [3.05, 3.63) is 23.8 Å². The number of ether oxygens (including phenoxy) is 2. The highest BCUT2D eigenvalue weighted by Crippen LogP contribution is 2.31. The van der Waals surface area contributed by atoms with E-state index in [9.17, 15) is 0 Å². The van der Waals surface area contributed by atoms with E-state index in [1.54, 1.807) is 11.8 Å². The van der Waals surface area contributed by atoms with Gasteiger partial charge in [-0.15, -0.1) is 0 Å². The Hall–Kier alpha value is -0.870. The minimum Gasteiger partial charge on any atom is -0.490 e. The molecule has 0 heterocycles.